The number of aliphatic carboxylic acids is 1. The number of rotatable bonds is 7. The van der Waals surface area contributed by atoms with Crippen LogP contribution >= 0.6 is 11.6 Å². The lowest BCUT2D eigenvalue weighted by Gasteiger charge is -2.43. The van der Waals surface area contributed by atoms with Crippen molar-refractivity contribution in [1.82, 2.24) is 20.7 Å². The highest BCUT2D eigenvalue weighted by Crippen LogP contribution is 2.25. The smallest absolute Gasteiger partial charge is 0.305 e. The van der Waals surface area contributed by atoms with Crippen molar-refractivity contribution in [2.75, 3.05) is 6.54 Å². The summed E-state index contributed by atoms with van der Waals surface area (Å²) in [5, 5.41) is 16.2. The first-order chi connectivity index (χ1) is 15.7. The number of hydrogen-bond donors (Lipinski definition) is 3. The minimum atomic E-state index is -1.28. The third-order valence-electron chi connectivity index (χ3n) is 5.47. The van der Waals surface area contributed by atoms with Gasteiger partial charge in [0.1, 0.15) is 18.4 Å². The number of halogens is 1. The third kappa shape index (κ3) is 5.48. The molecule has 2 heterocycles. The van der Waals surface area contributed by atoms with Gasteiger partial charge in [0.05, 0.1) is 23.0 Å². The number of nitrogens with zero attached hydrogens (tertiary/aromatic N) is 2. The van der Waals surface area contributed by atoms with Crippen molar-refractivity contribution in [3.63, 3.8) is 0 Å². The molecule has 0 aliphatic carbocycles. The minimum Gasteiger partial charge on any atom is -0.481 e. The summed E-state index contributed by atoms with van der Waals surface area (Å²) in [5.41, 5.74) is 0.162. The van der Waals surface area contributed by atoms with E-state index in [-0.39, 0.29) is 42.3 Å². The van der Waals surface area contributed by atoms with E-state index in [1.54, 1.807) is 12.1 Å². The Morgan fingerprint density at radius 1 is 1.21 bits per heavy atom. The van der Waals surface area contributed by atoms with Crippen molar-refractivity contribution in [2.24, 2.45) is 0 Å². The highest BCUT2D eigenvalue weighted by molar-refractivity contribution is 6.33. The molecule has 0 bridgehead atoms. The van der Waals surface area contributed by atoms with E-state index in [0.29, 0.717) is 12.7 Å². The summed E-state index contributed by atoms with van der Waals surface area (Å²) in [7, 11) is 0. The Balaban J connectivity index is 1.82. The number of carboxylic acid groups (broad SMARTS) is 1. The molecule has 0 saturated carbocycles. The molecule has 0 aromatic heterocycles. The SMILES string of the molecule is O=C[C@H](CC(=O)O)NC(=O)[C@@H]1CCCN2C(=O)CC[C@H](NC(=O)c3ccccc3Cl)C(=O)N12. The second-order valence-electron chi connectivity index (χ2n) is 7.75. The van der Waals surface area contributed by atoms with Crippen LogP contribution in [0, 0.1) is 0 Å². The van der Waals surface area contributed by atoms with Gasteiger partial charge < -0.3 is 20.5 Å². The second-order valence-corrected chi connectivity index (χ2v) is 8.16. The highest BCUT2D eigenvalue weighted by atomic mass is 35.5. The average molecular weight is 479 g/mol. The molecule has 1 aromatic carbocycles. The molecule has 0 radical (unpaired) electrons. The lowest BCUT2D eigenvalue weighted by Crippen LogP contribution is -2.64. The molecule has 176 valence electrons. The van der Waals surface area contributed by atoms with E-state index in [2.05, 4.69) is 10.6 Å². The number of carbonyl (C=O) groups excluding carboxylic acids is 5. The van der Waals surface area contributed by atoms with E-state index < -0.39 is 48.2 Å². The zero-order valence-corrected chi connectivity index (χ0v) is 18.3. The number of benzene rings is 1. The molecule has 3 atom stereocenters. The number of nitrogens with one attached hydrogen (secondary N) is 2. The largest absolute Gasteiger partial charge is 0.481 e. The summed E-state index contributed by atoms with van der Waals surface area (Å²) in [6.45, 7) is 0.214. The van der Waals surface area contributed by atoms with Crippen LogP contribution in [0.15, 0.2) is 24.3 Å². The molecular formula is C21H23ClN4O7. The topological polar surface area (TPSA) is 153 Å². The number of hydrazine groups is 1. The fraction of sp³-hybridized carbons (Fsp3) is 0.429. The summed E-state index contributed by atoms with van der Waals surface area (Å²) >= 11 is 6.06. The van der Waals surface area contributed by atoms with Crippen molar-refractivity contribution in [3.05, 3.63) is 34.9 Å². The summed E-state index contributed by atoms with van der Waals surface area (Å²) < 4.78 is 0. The molecule has 33 heavy (non-hydrogen) atoms. The second kappa shape index (κ2) is 10.4. The lowest BCUT2D eigenvalue weighted by atomic mass is 10.0. The molecule has 2 saturated heterocycles. The normalized spacial score (nSPS) is 21.5. The molecule has 2 aliphatic rings. The standard InChI is InChI=1S/C21H23ClN4O7/c22-14-5-2-1-4-13(14)19(31)24-15-7-8-17(28)25-9-3-6-16(26(25)21(15)33)20(32)23-12(11-27)10-18(29)30/h1-2,4-5,11-12,15-16H,3,6-10H2,(H,23,32)(H,24,31)(H,29,30)/t12-,15-,16-/m0/s1. The Bertz CT molecular complexity index is 985. The molecule has 3 N–H and O–H groups in total. The van der Waals surface area contributed by atoms with Crippen LogP contribution in [-0.4, -0.2) is 75.7 Å². The molecule has 3 rings (SSSR count). The quantitative estimate of drug-likeness (QED) is 0.470. The number of carboxylic acids is 1. The monoisotopic (exact) mass is 478 g/mol. The summed E-state index contributed by atoms with van der Waals surface area (Å²) in [5.74, 6) is -3.66. The molecule has 0 unspecified atom stereocenters. The maximum atomic E-state index is 13.4. The molecule has 1 aromatic rings. The first-order valence-electron chi connectivity index (χ1n) is 10.4. The van der Waals surface area contributed by atoms with Crippen LogP contribution in [0.5, 0.6) is 0 Å². The Labute approximate surface area is 194 Å². The Morgan fingerprint density at radius 2 is 1.94 bits per heavy atom. The van der Waals surface area contributed by atoms with Gasteiger partial charge in [0.2, 0.25) is 11.8 Å². The number of carbonyl (C=O) groups is 6. The number of fused-ring (bicyclic) bond motifs is 1. The molecule has 12 heteroatoms. The fourth-order valence-electron chi connectivity index (χ4n) is 3.89. The zero-order chi connectivity index (χ0) is 24.1. The minimum absolute atomic E-state index is 0.0278. The molecule has 0 spiro atoms. The Kier molecular flexibility index (Phi) is 7.64. The molecular weight excluding hydrogens is 456 g/mol. The Morgan fingerprint density at radius 3 is 2.61 bits per heavy atom. The van der Waals surface area contributed by atoms with Crippen LogP contribution < -0.4 is 10.6 Å². The molecule has 2 aliphatic heterocycles. The summed E-state index contributed by atoms with van der Waals surface area (Å²) in [6, 6.07) is 2.80. The Hall–Kier alpha value is -3.47. The van der Waals surface area contributed by atoms with E-state index in [4.69, 9.17) is 16.7 Å². The van der Waals surface area contributed by atoms with Crippen molar-refractivity contribution in [3.8, 4) is 0 Å². The maximum Gasteiger partial charge on any atom is 0.305 e. The summed E-state index contributed by atoms with van der Waals surface area (Å²) in [4.78, 5) is 73.7. The fourth-order valence-corrected chi connectivity index (χ4v) is 4.11. The van der Waals surface area contributed by atoms with Crippen molar-refractivity contribution in [1.29, 1.82) is 0 Å². The van der Waals surface area contributed by atoms with Gasteiger partial charge in [-0.25, -0.2) is 5.01 Å². The predicted molar refractivity (Wildman–Crippen MR) is 114 cm³/mol. The van der Waals surface area contributed by atoms with E-state index >= 15 is 0 Å². The van der Waals surface area contributed by atoms with Gasteiger partial charge in [-0.05, 0) is 31.4 Å². The summed E-state index contributed by atoms with van der Waals surface area (Å²) in [6.07, 6.45) is 0.315. The number of hydrogen-bond acceptors (Lipinski definition) is 6. The highest BCUT2D eigenvalue weighted by Gasteiger charge is 2.45. The van der Waals surface area contributed by atoms with E-state index in [1.807, 2.05) is 0 Å². The van der Waals surface area contributed by atoms with Crippen LogP contribution in [0.1, 0.15) is 42.5 Å². The lowest BCUT2D eigenvalue weighted by molar-refractivity contribution is -0.176. The third-order valence-corrected chi connectivity index (χ3v) is 5.80. The zero-order valence-electron chi connectivity index (χ0n) is 17.5. The van der Waals surface area contributed by atoms with Gasteiger partial charge in [0.15, 0.2) is 0 Å². The van der Waals surface area contributed by atoms with Gasteiger partial charge in [0.25, 0.3) is 11.8 Å². The van der Waals surface area contributed by atoms with Crippen molar-refractivity contribution >= 4 is 47.5 Å². The van der Waals surface area contributed by atoms with Gasteiger partial charge in [-0.3, -0.25) is 29.0 Å². The van der Waals surface area contributed by atoms with Gasteiger partial charge >= 0.3 is 5.97 Å². The molecule has 4 amide bonds. The van der Waals surface area contributed by atoms with Crippen LogP contribution in [0.3, 0.4) is 0 Å². The molecule has 11 nitrogen and oxygen atoms in total. The van der Waals surface area contributed by atoms with Crippen LogP contribution in [0.4, 0.5) is 0 Å². The first kappa shape index (κ1) is 24.2. The van der Waals surface area contributed by atoms with E-state index in [1.165, 1.54) is 17.1 Å². The van der Waals surface area contributed by atoms with Gasteiger partial charge in [-0.2, -0.15) is 0 Å². The van der Waals surface area contributed by atoms with Gasteiger partial charge in [0, 0.05) is 13.0 Å². The van der Waals surface area contributed by atoms with Crippen molar-refractivity contribution in [2.45, 2.75) is 50.2 Å². The molecule has 2 fully saturated rings. The maximum absolute atomic E-state index is 13.4. The van der Waals surface area contributed by atoms with Crippen LogP contribution in [0.25, 0.3) is 0 Å². The van der Waals surface area contributed by atoms with Crippen LogP contribution in [-0.2, 0) is 24.0 Å². The number of aldehydes is 1. The number of amides is 4. The predicted octanol–water partition coefficient (Wildman–Crippen LogP) is 0.125. The average Bonchev–Trinajstić information content (AvgIpc) is 2.90. The van der Waals surface area contributed by atoms with Crippen LogP contribution in [0.2, 0.25) is 5.02 Å². The van der Waals surface area contributed by atoms with Gasteiger partial charge in [-0.15, -0.1) is 0 Å². The first-order valence-corrected chi connectivity index (χ1v) is 10.8. The van der Waals surface area contributed by atoms with E-state index in [9.17, 15) is 28.8 Å². The van der Waals surface area contributed by atoms with Crippen molar-refractivity contribution < 1.29 is 33.9 Å². The van der Waals surface area contributed by atoms with E-state index in [0.717, 1.165) is 5.01 Å². The van der Waals surface area contributed by atoms with Gasteiger partial charge in [-0.1, -0.05) is 23.7 Å².